The van der Waals surface area contributed by atoms with Crippen LogP contribution in [0.15, 0.2) is 59.6 Å². The molecule has 0 radical (unpaired) electrons. The van der Waals surface area contributed by atoms with E-state index in [0.717, 1.165) is 22.5 Å². The van der Waals surface area contributed by atoms with E-state index in [2.05, 4.69) is 5.32 Å². The molecule has 118 valence electrons. The minimum absolute atomic E-state index is 0.0444. The zero-order valence-electron chi connectivity index (χ0n) is 13.7. The van der Waals surface area contributed by atoms with Crippen LogP contribution in [0.25, 0.3) is 0 Å². The lowest BCUT2D eigenvalue weighted by molar-refractivity contribution is -0.120. The van der Waals surface area contributed by atoms with Gasteiger partial charge in [0.15, 0.2) is 6.17 Å². The van der Waals surface area contributed by atoms with Crippen LogP contribution in [0.3, 0.4) is 0 Å². The normalized spacial score (nSPS) is 17.7. The fraction of sp³-hybridized carbons (Fsp3) is 0.263. The zero-order valence-corrected chi connectivity index (χ0v) is 13.7. The molecule has 4 heteroatoms. The molecule has 1 N–H and O–H groups in total. The summed E-state index contributed by atoms with van der Waals surface area (Å²) in [7, 11) is 1.81. The van der Waals surface area contributed by atoms with Crippen LogP contribution < -0.4 is 10.2 Å². The molecule has 1 amide bonds. The average Bonchev–Trinajstić information content (AvgIpc) is 2.66. The van der Waals surface area contributed by atoms with Gasteiger partial charge >= 0.3 is 0 Å². The summed E-state index contributed by atoms with van der Waals surface area (Å²) >= 11 is 0. The largest absolute Gasteiger partial charge is 0.312 e. The van der Waals surface area contributed by atoms with Gasteiger partial charge in [-0.15, -0.1) is 0 Å². The molecule has 23 heavy (non-hydrogen) atoms. The van der Waals surface area contributed by atoms with Crippen molar-refractivity contribution < 1.29 is 4.79 Å². The van der Waals surface area contributed by atoms with Gasteiger partial charge in [0, 0.05) is 24.2 Å². The minimum Gasteiger partial charge on any atom is -0.312 e. The van der Waals surface area contributed by atoms with E-state index in [9.17, 15) is 4.79 Å². The predicted molar refractivity (Wildman–Crippen MR) is 94.0 cm³/mol. The fourth-order valence-corrected chi connectivity index (χ4v) is 2.77. The Morgan fingerprint density at radius 3 is 2.39 bits per heavy atom. The van der Waals surface area contributed by atoms with E-state index in [-0.39, 0.29) is 11.9 Å². The Hall–Kier alpha value is -2.46. The number of carbonyl (C=O) groups excluding carboxylic acids is 1. The smallest absolute Gasteiger partial charge is 0.266 e. The number of rotatable bonds is 3. The highest BCUT2D eigenvalue weighted by Gasteiger charge is 2.29. The van der Waals surface area contributed by atoms with Gasteiger partial charge in [0.25, 0.3) is 5.91 Å². The molecule has 0 aromatic heterocycles. The van der Waals surface area contributed by atoms with Crippen LogP contribution in [0.1, 0.15) is 25.0 Å². The molecule has 0 aliphatic carbocycles. The lowest BCUT2D eigenvalue weighted by atomic mass is 10.0. The standard InChI is InChI=1S/C19H21N3O/c1-13(2)20-18-19(23)22(3)16-12-8-7-11-15(16)17(21-18)14-9-5-4-6-10-14/h4-13,18,20H,1-3H3. The van der Waals surface area contributed by atoms with Gasteiger partial charge in [-0.2, -0.15) is 0 Å². The van der Waals surface area contributed by atoms with E-state index in [1.807, 2.05) is 68.4 Å². The molecular weight excluding hydrogens is 286 g/mol. The van der Waals surface area contributed by atoms with Crippen molar-refractivity contribution in [1.82, 2.24) is 5.32 Å². The first-order valence-electron chi connectivity index (χ1n) is 7.84. The molecular formula is C19H21N3O. The highest BCUT2D eigenvalue weighted by atomic mass is 16.2. The second-order valence-electron chi connectivity index (χ2n) is 5.98. The second-order valence-corrected chi connectivity index (χ2v) is 5.98. The first-order valence-corrected chi connectivity index (χ1v) is 7.84. The third-order valence-corrected chi connectivity index (χ3v) is 3.88. The first-order chi connectivity index (χ1) is 11.1. The second kappa shape index (κ2) is 6.34. The maximum atomic E-state index is 12.8. The van der Waals surface area contributed by atoms with E-state index < -0.39 is 6.17 Å². The van der Waals surface area contributed by atoms with Crippen LogP contribution in [-0.2, 0) is 4.79 Å². The summed E-state index contributed by atoms with van der Waals surface area (Å²) < 4.78 is 0. The number of benzene rings is 2. The number of amides is 1. The molecule has 1 heterocycles. The number of likely N-dealkylation sites (N-methyl/N-ethyl adjacent to an activating group) is 1. The fourth-order valence-electron chi connectivity index (χ4n) is 2.77. The maximum absolute atomic E-state index is 12.8. The van der Waals surface area contributed by atoms with Crippen LogP contribution in [0.2, 0.25) is 0 Å². The molecule has 1 aliphatic rings. The number of nitrogens with zero attached hydrogens (tertiary/aromatic N) is 2. The third-order valence-electron chi connectivity index (χ3n) is 3.88. The molecule has 1 aliphatic heterocycles. The summed E-state index contributed by atoms with van der Waals surface area (Å²) in [5.74, 6) is -0.0444. The van der Waals surface area contributed by atoms with Crippen LogP contribution in [0.5, 0.6) is 0 Å². The molecule has 0 bridgehead atoms. The van der Waals surface area contributed by atoms with Crippen molar-refractivity contribution in [2.45, 2.75) is 26.1 Å². The zero-order chi connectivity index (χ0) is 16.4. The lowest BCUT2D eigenvalue weighted by Crippen LogP contribution is -2.46. The van der Waals surface area contributed by atoms with E-state index in [0.29, 0.717) is 0 Å². The molecule has 0 saturated carbocycles. The van der Waals surface area contributed by atoms with E-state index >= 15 is 0 Å². The summed E-state index contributed by atoms with van der Waals surface area (Å²) in [4.78, 5) is 19.2. The summed E-state index contributed by atoms with van der Waals surface area (Å²) in [5, 5.41) is 3.26. The highest BCUT2D eigenvalue weighted by Crippen LogP contribution is 2.27. The van der Waals surface area contributed by atoms with Gasteiger partial charge in [-0.3, -0.25) is 15.1 Å². The van der Waals surface area contributed by atoms with Crippen molar-refractivity contribution in [2.24, 2.45) is 4.99 Å². The van der Waals surface area contributed by atoms with E-state index in [4.69, 9.17) is 4.99 Å². The Labute approximate surface area is 136 Å². The predicted octanol–water partition coefficient (Wildman–Crippen LogP) is 2.82. The first kappa shape index (κ1) is 15.4. The number of hydrogen-bond donors (Lipinski definition) is 1. The van der Waals surface area contributed by atoms with Crippen LogP contribution in [-0.4, -0.2) is 30.9 Å². The van der Waals surface area contributed by atoms with Crippen molar-refractivity contribution in [1.29, 1.82) is 0 Å². The van der Waals surface area contributed by atoms with Gasteiger partial charge in [-0.1, -0.05) is 48.5 Å². The number of aliphatic imine (C=N–C) groups is 1. The molecule has 3 rings (SSSR count). The van der Waals surface area contributed by atoms with Gasteiger partial charge in [0.05, 0.1) is 11.4 Å². The minimum atomic E-state index is -0.581. The van der Waals surface area contributed by atoms with Gasteiger partial charge in [-0.05, 0) is 19.9 Å². The number of carbonyl (C=O) groups is 1. The van der Waals surface area contributed by atoms with Crippen molar-refractivity contribution >= 4 is 17.3 Å². The number of benzodiazepines with no additional fused rings is 1. The summed E-state index contributed by atoms with van der Waals surface area (Å²) in [6.45, 7) is 4.03. The SMILES string of the molecule is CC(C)NC1N=C(c2ccccc2)c2ccccc2N(C)C1=O. The topological polar surface area (TPSA) is 44.7 Å². The lowest BCUT2D eigenvalue weighted by Gasteiger charge is -2.22. The summed E-state index contributed by atoms with van der Waals surface area (Å²) in [6.07, 6.45) is -0.581. The van der Waals surface area contributed by atoms with E-state index in [1.54, 1.807) is 11.9 Å². The summed E-state index contributed by atoms with van der Waals surface area (Å²) in [5.41, 5.74) is 3.71. The molecule has 1 atom stereocenters. The number of fused-ring (bicyclic) bond motifs is 1. The molecule has 0 saturated heterocycles. The van der Waals surface area contributed by atoms with E-state index in [1.165, 1.54) is 0 Å². The Morgan fingerprint density at radius 2 is 1.70 bits per heavy atom. The van der Waals surface area contributed by atoms with Gasteiger partial charge in [-0.25, -0.2) is 0 Å². The molecule has 2 aromatic rings. The van der Waals surface area contributed by atoms with Crippen LogP contribution >= 0.6 is 0 Å². The highest BCUT2D eigenvalue weighted by molar-refractivity contribution is 6.19. The third kappa shape index (κ3) is 3.03. The number of nitrogens with one attached hydrogen (secondary N) is 1. The average molecular weight is 307 g/mol. The van der Waals surface area contributed by atoms with Crippen molar-refractivity contribution in [3.63, 3.8) is 0 Å². The Bertz CT molecular complexity index is 737. The number of para-hydroxylation sites is 1. The quantitative estimate of drug-likeness (QED) is 0.947. The van der Waals surface area contributed by atoms with Crippen LogP contribution in [0.4, 0.5) is 5.69 Å². The van der Waals surface area contributed by atoms with Gasteiger partial charge in [0.1, 0.15) is 0 Å². The molecule has 0 spiro atoms. The van der Waals surface area contributed by atoms with Crippen molar-refractivity contribution in [2.75, 3.05) is 11.9 Å². The molecule has 0 fully saturated rings. The maximum Gasteiger partial charge on any atom is 0.266 e. The Balaban J connectivity index is 2.18. The molecule has 1 unspecified atom stereocenters. The van der Waals surface area contributed by atoms with Crippen LogP contribution in [0, 0.1) is 0 Å². The summed E-state index contributed by atoms with van der Waals surface area (Å²) in [6, 6.07) is 18.1. The monoisotopic (exact) mass is 307 g/mol. The molecule has 2 aromatic carbocycles. The van der Waals surface area contributed by atoms with Crippen molar-refractivity contribution in [3.05, 3.63) is 65.7 Å². The number of hydrogen-bond acceptors (Lipinski definition) is 3. The number of anilines is 1. The Morgan fingerprint density at radius 1 is 1.04 bits per heavy atom. The van der Waals surface area contributed by atoms with Gasteiger partial charge in [0.2, 0.25) is 0 Å². The molecule has 4 nitrogen and oxygen atoms in total. The van der Waals surface area contributed by atoms with Crippen molar-refractivity contribution in [3.8, 4) is 0 Å². The Kier molecular flexibility index (Phi) is 4.26. The van der Waals surface area contributed by atoms with Gasteiger partial charge < -0.3 is 4.90 Å².